The van der Waals surface area contributed by atoms with Crippen LogP contribution < -0.4 is 0 Å². The van der Waals surface area contributed by atoms with Gasteiger partial charge in [0.25, 0.3) is 0 Å². The molecule has 2 aliphatic carbocycles. The maximum Gasteiger partial charge on any atom is 0.0908 e. The molecular formula is C105H122IrN3O2S-. The third kappa shape index (κ3) is 19.3. The molecule has 0 saturated heterocycles. The first-order chi connectivity index (χ1) is 54.6. The number of rotatable bonds is 41. The smallest absolute Gasteiger partial charge is 0.0908 e. The summed E-state index contributed by atoms with van der Waals surface area (Å²) < 4.78 is 6.40. The summed E-state index contributed by atoms with van der Waals surface area (Å²) in [6, 6.07) is 83.9. The Morgan fingerprint density at radius 1 is 0.411 bits per heavy atom. The normalized spacial score (nSPS) is 14.4. The minimum atomic E-state index is -0.590. The molecule has 7 heteroatoms. The molecule has 0 aliphatic heterocycles. The van der Waals surface area contributed by atoms with Gasteiger partial charge in [0.2, 0.25) is 0 Å². The van der Waals surface area contributed by atoms with Gasteiger partial charge in [0.05, 0.1) is 11.9 Å². The number of thiophene rings is 1. The van der Waals surface area contributed by atoms with Gasteiger partial charge in [-0.2, -0.15) is 0 Å². The second-order valence-electron chi connectivity index (χ2n) is 33.1. The first-order valence-corrected chi connectivity index (χ1v) is 44.3. The summed E-state index contributed by atoms with van der Waals surface area (Å²) >= 11 is 1.73. The summed E-state index contributed by atoms with van der Waals surface area (Å²) in [4.78, 5) is 5.43. The van der Waals surface area contributed by atoms with Crippen molar-refractivity contribution in [3.05, 3.63) is 270 Å². The zero-order valence-electron chi connectivity index (χ0n) is 67.7. The fourth-order valence-electron chi connectivity index (χ4n) is 19.4. The first-order valence-electron chi connectivity index (χ1n) is 43.5. The van der Waals surface area contributed by atoms with E-state index in [4.69, 9.17) is 0 Å². The van der Waals surface area contributed by atoms with E-state index in [9.17, 15) is 10.2 Å². The van der Waals surface area contributed by atoms with Gasteiger partial charge in [-0.3, -0.25) is 0 Å². The van der Waals surface area contributed by atoms with Gasteiger partial charge in [-0.25, -0.2) is 11.3 Å². The Balaban J connectivity index is 0.000000608. The van der Waals surface area contributed by atoms with Gasteiger partial charge in [0.1, 0.15) is 0 Å². The minimum Gasteiger partial charge on any atom is -0.513 e. The van der Waals surface area contributed by atoms with Gasteiger partial charge in [-0.1, -0.05) is 336 Å². The number of nitrogens with zero attached hydrogens (tertiary/aromatic N) is 3. The molecule has 0 bridgehead atoms. The van der Waals surface area contributed by atoms with Crippen molar-refractivity contribution in [2.45, 2.75) is 270 Å². The van der Waals surface area contributed by atoms with Crippen molar-refractivity contribution in [2.75, 3.05) is 0 Å². The molecule has 4 aromatic heterocycles. The van der Waals surface area contributed by atoms with Crippen LogP contribution >= 0.6 is 11.3 Å². The van der Waals surface area contributed by atoms with Crippen LogP contribution in [0.4, 0.5) is 0 Å². The molecule has 112 heavy (non-hydrogen) atoms. The summed E-state index contributed by atoms with van der Waals surface area (Å²) in [5.41, 5.74) is 24.3. The van der Waals surface area contributed by atoms with Crippen LogP contribution in [0, 0.1) is 19.9 Å². The molecule has 4 heterocycles. The monoisotopic (exact) mass is 1680 g/mol. The summed E-state index contributed by atoms with van der Waals surface area (Å²) in [5.74, 6) is 0.329. The number of aliphatic hydroxyl groups is 2. The van der Waals surface area contributed by atoms with Gasteiger partial charge >= 0.3 is 0 Å². The Hall–Kier alpha value is -8.16. The molecule has 0 saturated carbocycles. The molecule has 0 spiro atoms. The molecular weight excluding hydrogens is 1560 g/mol. The van der Waals surface area contributed by atoms with Gasteiger partial charge in [-0.05, 0) is 179 Å². The third-order valence-electron chi connectivity index (χ3n) is 25.1. The van der Waals surface area contributed by atoms with Crippen molar-refractivity contribution in [3.8, 4) is 44.0 Å². The van der Waals surface area contributed by atoms with Crippen molar-refractivity contribution >= 4 is 65.0 Å². The van der Waals surface area contributed by atoms with E-state index in [1.165, 1.54) is 291 Å². The predicted molar refractivity (Wildman–Crippen MR) is 477 cm³/mol. The summed E-state index contributed by atoms with van der Waals surface area (Å²) in [6.45, 7) is 10.9. The van der Waals surface area contributed by atoms with E-state index in [0.717, 1.165) is 36.5 Å². The average Bonchev–Trinajstić information content (AvgIpc) is 1.55. The Bertz CT molecular complexity index is 4930. The van der Waals surface area contributed by atoms with Crippen LogP contribution in [0.2, 0.25) is 0 Å². The number of fused-ring (bicyclic) bond motifs is 13. The molecule has 5 nitrogen and oxygen atoms in total. The zero-order chi connectivity index (χ0) is 76.2. The second-order valence-corrected chi connectivity index (χ2v) is 34.2. The number of allylic oxidation sites excluding steroid dienone is 1. The first kappa shape index (κ1) is 81.8. The molecule has 13 aromatic rings. The number of aromatic nitrogens is 3. The second kappa shape index (κ2) is 40.2. The number of unbranched alkanes of at least 4 members (excludes halogenated alkanes) is 24. The van der Waals surface area contributed by atoms with Crippen molar-refractivity contribution < 1.29 is 30.3 Å². The Morgan fingerprint density at radius 3 is 1.17 bits per heavy atom. The molecule has 9 aromatic carbocycles. The van der Waals surface area contributed by atoms with E-state index in [-0.39, 0.29) is 30.9 Å². The van der Waals surface area contributed by atoms with Gasteiger partial charge in [0.15, 0.2) is 0 Å². The van der Waals surface area contributed by atoms with E-state index < -0.39 is 6.10 Å². The molecule has 1 radical (unpaired) electrons. The van der Waals surface area contributed by atoms with E-state index in [1.807, 2.05) is 30.5 Å². The fraction of sp³-hybridized carbons (Fsp3) is 0.400. The average molecular weight is 1680 g/mol. The summed E-state index contributed by atoms with van der Waals surface area (Å²) in [6.07, 6.45) is 43.9. The van der Waals surface area contributed by atoms with Crippen LogP contribution in [0.1, 0.15) is 259 Å². The van der Waals surface area contributed by atoms with Crippen molar-refractivity contribution in [1.82, 2.24) is 14.1 Å². The van der Waals surface area contributed by atoms with E-state index in [2.05, 4.69) is 229 Å². The third-order valence-corrected chi connectivity index (χ3v) is 26.2. The number of hydrogen-bond donors (Lipinski definition) is 2. The fourth-order valence-corrected chi connectivity index (χ4v) is 20.4. The summed E-state index contributed by atoms with van der Waals surface area (Å²) in [5, 5.41) is 26.4. The van der Waals surface area contributed by atoms with Gasteiger partial charge in [-0.15, -0.1) is 23.6 Å². The van der Waals surface area contributed by atoms with Gasteiger partial charge in [0, 0.05) is 106 Å². The van der Waals surface area contributed by atoms with E-state index in [0.29, 0.717) is 12.2 Å². The van der Waals surface area contributed by atoms with Crippen LogP contribution in [0.3, 0.4) is 0 Å². The predicted octanol–water partition coefficient (Wildman–Crippen LogP) is 30.6. The Labute approximate surface area is 687 Å². The molecule has 2 atom stereocenters. The molecule has 585 valence electrons. The van der Waals surface area contributed by atoms with Crippen molar-refractivity contribution in [3.63, 3.8) is 0 Å². The Morgan fingerprint density at radius 2 is 0.768 bits per heavy atom. The van der Waals surface area contributed by atoms with Gasteiger partial charge < -0.3 is 24.3 Å². The van der Waals surface area contributed by atoms with Crippen molar-refractivity contribution in [2.24, 2.45) is 0 Å². The molecule has 2 aliphatic rings. The molecule has 2 unspecified atom stereocenters. The maximum atomic E-state index is 10.1. The number of benzene rings is 9. The molecule has 0 amide bonds. The zero-order valence-corrected chi connectivity index (χ0v) is 70.9. The van der Waals surface area contributed by atoms with Crippen LogP contribution in [0.25, 0.3) is 97.6 Å². The van der Waals surface area contributed by atoms with Crippen LogP contribution in [0.15, 0.2) is 230 Å². The molecule has 0 fully saturated rings. The molecule has 2 N–H and O–H groups in total. The maximum absolute atomic E-state index is 10.1. The number of para-hydroxylation sites is 4. The number of pyridine rings is 1. The largest absolute Gasteiger partial charge is 0.513 e. The van der Waals surface area contributed by atoms with Crippen LogP contribution in [-0.4, -0.2) is 30.4 Å². The van der Waals surface area contributed by atoms with Crippen molar-refractivity contribution in [1.29, 1.82) is 0 Å². The Kier molecular flexibility index (Phi) is 29.4. The minimum absolute atomic E-state index is 0. The molecule has 15 rings (SSSR count). The quantitative estimate of drug-likeness (QED) is 0.0228. The standard InChI is InChI=1S/C92H114N2O2.C13H8NS.Ir/c1-5-6-7-35-58-91(59-36-21-15-9-8-14-20-26-41-74(96)66-71(4)95)83-64-69(2)50-54-75(83)77-56-52-72(67-85(77)91)73-53-57-78-76-55-51-70(3)65-84(76)92(86(78)68-73,60-37-22-16-10-12-18-24-39-62-93-87-46-31-27-42-79(87)80-43-28-32-47-88(80)93)61-38-23-17-11-13-19-25-40-63-94-89-48-33-29-44-81(89)82-45-30-34-49-90(82)94;1-2-7-12-10(5-1)9-13(15-12)11-6-3-4-8-14-11;/h27-34,42-57,64-68,71,95-96H,5-26,35-41,58-63H2,1-4H3;1-8H;/q;-1;. The van der Waals surface area contributed by atoms with E-state index >= 15 is 0 Å². The van der Waals surface area contributed by atoms with E-state index in [1.54, 1.807) is 46.6 Å². The number of aliphatic hydroxyl groups excluding tert-OH is 2. The van der Waals surface area contributed by atoms with Crippen LogP contribution in [0.5, 0.6) is 0 Å². The SMILES string of the molecule is CCCCCCC1(CCCCCCCCCCC(O)=CC(C)O)c2cc(C)ccc2-c2ccc(-c3ccc4c(c3)C(CCCCCCCCCCn3c5ccccc5c5ccccc53)(CCCCCCCCCCn3c5ccccc5c5ccccc53)c3cc(C)ccc3-4)cc21.[Ir].[c-]1c(-c2ccccn2)sc2ccccc12. The summed E-state index contributed by atoms with van der Waals surface area (Å²) in [7, 11) is 0. The number of aryl methyl sites for hydroxylation is 4. The number of hydrogen-bond acceptors (Lipinski definition) is 4. The topological polar surface area (TPSA) is 63.2 Å². The van der Waals surface area contributed by atoms with Crippen LogP contribution in [-0.2, 0) is 44.0 Å².